The SMILES string of the molecule is O=C(c1c[nH]c2ccccc12)C1C2CC3CC(C2)CC1C3. The lowest BCUT2D eigenvalue weighted by Crippen LogP contribution is -2.48. The predicted molar refractivity (Wildman–Crippen MR) is 83.2 cm³/mol. The van der Waals surface area contributed by atoms with Gasteiger partial charge in [-0.1, -0.05) is 18.2 Å². The molecule has 0 atom stereocenters. The van der Waals surface area contributed by atoms with Crippen molar-refractivity contribution in [2.24, 2.45) is 29.6 Å². The molecule has 2 nitrogen and oxygen atoms in total. The number of hydrogen-bond donors (Lipinski definition) is 1. The molecular formula is C19H21NO. The highest BCUT2D eigenvalue weighted by atomic mass is 16.1. The molecule has 4 aliphatic carbocycles. The number of benzene rings is 1. The first kappa shape index (κ1) is 12.0. The number of rotatable bonds is 2. The second-order valence-electron chi connectivity index (χ2n) is 7.57. The summed E-state index contributed by atoms with van der Waals surface area (Å²) in [5.74, 6) is 3.92. The number of aromatic nitrogens is 1. The average Bonchev–Trinajstić information content (AvgIpc) is 2.89. The van der Waals surface area contributed by atoms with Crippen LogP contribution in [0.25, 0.3) is 10.9 Å². The van der Waals surface area contributed by atoms with Gasteiger partial charge in [-0.2, -0.15) is 0 Å². The number of carbonyl (C=O) groups excluding carboxylic acids is 1. The number of ketones is 1. The fraction of sp³-hybridized carbons (Fsp3) is 0.526. The van der Waals surface area contributed by atoms with Crippen LogP contribution in [-0.2, 0) is 0 Å². The number of hydrogen-bond acceptors (Lipinski definition) is 1. The third kappa shape index (κ3) is 1.68. The third-order valence-electron chi connectivity index (χ3n) is 6.38. The van der Waals surface area contributed by atoms with Crippen LogP contribution in [0.15, 0.2) is 30.5 Å². The van der Waals surface area contributed by atoms with Gasteiger partial charge in [-0.15, -0.1) is 0 Å². The maximum absolute atomic E-state index is 13.2. The largest absolute Gasteiger partial charge is 0.360 e. The molecule has 0 radical (unpaired) electrons. The summed E-state index contributed by atoms with van der Waals surface area (Å²) in [6.45, 7) is 0. The number of carbonyl (C=O) groups is 1. The van der Waals surface area contributed by atoms with Crippen LogP contribution >= 0.6 is 0 Å². The first-order valence-electron chi connectivity index (χ1n) is 8.40. The average molecular weight is 279 g/mol. The van der Waals surface area contributed by atoms with Crippen molar-refractivity contribution < 1.29 is 4.79 Å². The van der Waals surface area contributed by atoms with Crippen LogP contribution < -0.4 is 0 Å². The van der Waals surface area contributed by atoms with E-state index in [1.54, 1.807) is 0 Å². The second kappa shape index (κ2) is 4.22. The Kier molecular flexibility index (Phi) is 2.42. The monoisotopic (exact) mass is 279 g/mol. The molecule has 108 valence electrons. The summed E-state index contributed by atoms with van der Waals surface area (Å²) in [6, 6.07) is 8.19. The van der Waals surface area contributed by atoms with Gasteiger partial charge in [0.05, 0.1) is 0 Å². The van der Waals surface area contributed by atoms with Crippen molar-refractivity contribution >= 4 is 16.7 Å². The first-order chi connectivity index (χ1) is 10.3. The van der Waals surface area contributed by atoms with Gasteiger partial charge >= 0.3 is 0 Å². The molecule has 0 saturated heterocycles. The molecule has 6 rings (SSSR count). The Morgan fingerprint density at radius 2 is 1.62 bits per heavy atom. The van der Waals surface area contributed by atoms with E-state index in [-0.39, 0.29) is 0 Å². The third-order valence-corrected chi connectivity index (χ3v) is 6.38. The van der Waals surface area contributed by atoms with E-state index in [2.05, 4.69) is 17.1 Å². The standard InChI is InChI=1S/C19H21NO/c21-19(16-10-20-17-4-2-1-3-15(16)17)18-13-6-11-5-12(8-13)9-14(18)7-11/h1-4,10-14,18,20H,5-9H2. The summed E-state index contributed by atoms with van der Waals surface area (Å²) >= 11 is 0. The quantitative estimate of drug-likeness (QED) is 0.811. The van der Waals surface area contributed by atoms with E-state index >= 15 is 0 Å². The topological polar surface area (TPSA) is 32.9 Å². The normalized spacial score (nSPS) is 37.2. The van der Waals surface area contributed by atoms with Gasteiger partial charge in [0, 0.05) is 28.6 Å². The Balaban J connectivity index is 1.54. The number of nitrogens with one attached hydrogen (secondary N) is 1. The van der Waals surface area contributed by atoms with Crippen LogP contribution in [0.1, 0.15) is 42.5 Å². The number of H-pyrrole nitrogens is 1. The van der Waals surface area contributed by atoms with Crippen molar-refractivity contribution in [1.82, 2.24) is 4.98 Å². The molecule has 2 aromatic rings. The number of Topliss-reactive ketones (excluding diaryl/α,β-unsaturated/α-hetero) is 1. The zero-order valence-electron chi connectivity index (χ0n) is 12.2. The van der Waals surface area contributed by atoms with Crippen LogP contribution in [0.2, 0.25) is 0 Å². The van der Waals surface area contributed by atoms with E-state index in [0.717, 1.165) is 28.3 Å². The molecule has 4 fully saturated rings. The van der Waals surface area contributed by atoms with Gasteiger partial charge in [0.1, 0.15) is 0 Å². The Morgan fingerprint density at radius 1 is 0.952 bits per heavy atom. The Bertz CT molecular complexity index is 685. The number of para-hydroxylation sites is 1. The fourth-order valence-corrected chi connectivity index (χ4v) is 5.81. The van der Waals surface area contributed by atoms with Gasteiger partial charge in [0.25, 0.3) is 0 Å². The number of fused-ring (bicyclic) bond motifs is 1. The number of aromatic amines is 1. The molecule has 4 saturated carbocycles. The minimum absolute atomic E-state index is 0.303. The fourth-order valence-electron chi connectivity index (χ4n) is 5.81. The van der Waals surface area contributed by atoms with Crippen molar-refractivity contribution in [1.29, 1.82) is 0 Å². The van der Waals surface area contributed by atoms with Gasteiger partial charge in [-0.3, -0.25) is 4.79 Å². The minimum atomic E-state index is 0.303. The maximum Gasteiger partial charge on any atom is 0.168 e. The van der Waals surface area contributed by atoms with Crippen molar-refractivity contribution in [2.45, 2.75) is 32.1 Å². The Labute approximate surface area is 124 Å². The van der Waals surface area contributed by atoms with Crippen LogP contribution in [0.4, 0.5) is 0 Å². The molecule has 1 aromatic heterocycles. The zero-order chi connectivity index (χ0) is 14.0. The highest BCUT2D eigenvalue weighted by molar-refractivity contribution is 6.09. The summed E-state index contributed by atoms with van der Waals surface area (Å²) in [5.41, 5.74) is 2.02. The molecule has 0 spiro atoms. The summed E-state index contributed by atoms with van der Waals surface area (Å²) in [5, 5.41) is 1.11. The predicted octanol–water partition coefficient (Wildman–Crippen LogP) is 4.42. The van der Waals surface area contributed by atoms with Gasteiger partial charge in [0.15, 0.2) is 5.78 Å². The van der Waals surface area contributed by atoms with E-state index in [1.165, 1.54) is 32.1 Å². The first-order valence-corrected chi connectivity index (χ1v) is 8.40. The molecular weight excluding hydrogens is 258 g/mol. The van der Waals surface area contributed by atoms with Crippen LogP contribution in [0.3, 0.4) is 0 Å². The summed E-state index contributed by atoms with van der Waals surface area (Å²) in [4.78, 5) is 16.5. The van der Waals surface area contributed by atoms with E-state index in [9.17, 15) is 4.79 Å². The van der Waals surface area contributed by atoms with Crippen molar-refractivity contribution in [3.8, 4) is 0 Å². The van der Waals surface area contributed by atoms with Crippen molar-refractivity contribution in [3.63, 3.8) is 0 Å². The van der Waals surface area contributed by atoms with Crippen molar-refractivity contribution in [2.75, 3.05) is 0 Å². The molecule has 4 bridgehead atoms. The molecule has 0 aliphatic heterocycles. The van der Waals surface area contributed by atoms with Crippen LogP contribution in [0.5, 0.6) is 0 Å². The lowest BCUT2D eigenvalue weighted by Gasteiger charge is -2.53. The molecule has 2 heteroatoms. The highest BCUT2D eigenvalue weighted by Gasteiger charge is 2.50. The van der Waals surface area contributed by atoms with Crippen LogP contribution in [0, 0.1) is 29.6 Å². The maximum atomic E-state index is 13.2. The smallest absolute Gasteiger partial charge is 0.168 e. The zero-order valence-corrected chi connectivity index (χ0v) is 12.2. The van der Waals surface area contributed by atoms with E-state index in [0.29, 0.717) is 23.5 Å². The van der Waals surface area contributed by atoms with Gasteiger partial charge in [-0.25, -0.2) is 0 Å². The molecule has 1 N–H and O–H groups in total. The van der Waals surface area contributed by atoms with E-state index in [1.807, 2.05) is 18.3 Å². The van der Waals surface area contributed by atoms with Gasteiger partial charge in [0.2, 0.25) is 0 Å². The Hall–Kier alpha value is -1.57. The molecule has 21 heavy (non-hydrogen) atoms. The van der Waals surface area contributed by atoms with Gasteiger partial charge in [-0.05, 0) is 61.8 Å². The van der Waals surface area contributed by atoms with Gasteiger partial charge < -0.3 is 4.98 Å². The molecule has 0 unspecified atom stereocenters. The lowest BCUT2D eigenvalue weighted by molar-refractivity contribution is -0.0250. The molecule has 1 heterocycles. The molecule has 0 amide bonds. The van der Waals surface area contributed by atoms with Crippen molar-refractivity contribution in [3.05, 3.63) is 36.0 Å². The molecule has 4 aliphatic rings. The second-order valence-corrected chi connectivity index (χ2v) is 7.57. The highest BCUT2D eigenvalue weighted by Crippen LogP contribution is 2.57. The van der Waals surface area contributed by atoms with E-state index in [4.69, 9.17) is 0 Å². The molecule has 1 aromatic carbocycles. The summed E-state index contributed by atoms with van der Waals surface area (Å²) in [7, 11) is 0. The Morgan fingerprint density at radius 3 is 2.33 bits per heavy atom. The summed E-state index contributed by atoms with van der Waals surface area (Å²) in [6.07, 6.45) is 8.63. The van der Waals surface area contributed by atoms with Crippen LogP contribution in [-0.4, -0.2) is 10.8 Å². The summed E-state index contributed by atoms with van der Waals surface area (Å²) < 4.78 is 0. The van der Waals surface area contributed by atoms with E-state index < -0.39 is 0 Å². The minimum Gasteiger partial charge on any atom is -0.360 e. The lowest BCUT2D eigenvalue weighted by atomic mass is 9.51.